The highest BCUT2D eigenvalue weighted by atomic mass is 35.5. The van der Waals surface area contributed by atoms with E-state index in [1.165, 1.54) is 6.42 Å². The summed E-state index contributed by atoms with van der Waals surface area (Å²) in [6.07, 6.45) is 4.48. The summed E-state index contributed by atoms with van der Waals surface area (Å²) in [7, 11) is 0. The molecule has 0 N–H and O–H groups in total. The van der Waals surface area contributed by atoms with Gasteiger partial charge in [0.1, 0.15) is 5.15 Å². The summed E-state index contributed by atoms with van der Waals surface area (Å²) in [4.78, 5) is 0. The van der Waals surface area contributed by atoms with Gasteiger partial charge in [0.25, 0.3) is 0 Å². The number of hydrogen-bond donors (Lipinski definition) is 0. The Morgan fingerprint density at radius 2 is 2.15 bits per heavy atom. The molecule has 1 rings (SSSR count). The van der Waals surface area contributed by atoms with Crippen LogP contribution >= 0.6 is 11.6 Å². The molecule has 0 fully saturated rings. The van der Waals surface area contributed by atoms with Gasteiger partial charge in [-0.25, -0.2) is 0 Å². The van der Waals surface area contributed by atoms with Crippen LogP contribution in [-0.2, 0) is 13.0 Å². The van der Waals surface area contributed by atoms with Crippen LogP contribution in [0.3, 0.4) is 0 Å². The Morgan fingerprint density at radius 3 is 2.77 bits per heavy atom. The Kier molecular flexibility index (Phi) is 4.29. The summed E-state index contributed by atoms with van der Waals surface area (Å²) in [6.45, 7) is 5.27. The standard InChI is InChI=1S/C10H17ClN2/c1-3-5-7-13-10(11)8-9(12-13)6-4-2/h8H,3-7H2,1-2H3. The first kappa shape index (κ1) is 10.6. The van der Waals surface area contributed by atoms with Gasteiger partial charge in [-0.1, -0.05) is 38.3 Å². The fourth-order valence-corrected chi connectivity index (χ4v) is 1.53. The van der Waals surface area contributed by atoms with Crippen LogP contribution in [0.2, 0.25) is 5.15 Å². The van der Waals surface area contributed by atoms with Gasteiger partial charge in [0, 0.05) is 6.54 Å². The smallest absolute Gasteiger partial charge is 0.127 e. The van der Waals surface area contributed by atoms with E-state index in [4.69, 9.17) is 11.6 Å². The predicted molar refractivity (Wildman–Crippen MR) is 56.1 cm³/mol. The van der Waals surface area contributed by atoms with E-state index >= 15 is 0 Å². The second kappa shape index (κ2) is 5.28. The van der Waals surface area contributed by atoms with Crippen molar-refractivity contribution < 1.29 is 0 Å². The van der Waals surface area contributed by atoms with E-state index in [-0.39, 0.29) is 0 Å². The summed E-state index contributed by atoms with van der Waals surface area (Å²) < 4.78 is 1.90. The van der Waals surface area contributed by atoms with E-state index in [1.54, 1.807) is 0 Å². The lowest BCUT2D eigenvalue weighted by Gasteiger charge is -1.99. The molecule has 0 aromatic carbocycles. The van der Waals surface area contributed by atoms with Crippen molar-refractivity contribution in [1.29, 1.82) is 0 Å². The van der Waals surface area contributed by atoms with Gasteiger partial charge in [-0.2, -0.15) is 5.10 Å². The van der Waals surface area contributed by atoms with Gasteiger partial charge in [-0.3, -0.25) is 4.68 Å². The second-order valence-electron chi connectivity index (χ2n) is 3.29. The first-order valence-electron chi connectivity index (χ1n) is 5.00. The third-order valence-corrected chi connectivity index (χ3v) is 2.32. The number of nitrogens with zero attached hydrogens (tertiary/aromatic N) is 2. The van der Waals surface area contributed by atoms with E-state index in [1.807, 2.05) is 10.7 Å². The van der Waals surface area contributed by atoms with Gasteiger partial charge in [-0.15, -0.1) is 0 Å². The highest BCUT2D eigenvalue weighted by Crippen LogP contribution is 2.13. The number of unbranched alkanes of at least 4 members (excludes halogenated alkanes) is 1. The van der Waals surface area contributed by atoms with Gasteiger partial charge < -0.3 is 0 Å². The number of aromatic nitrogens is 2. The number of aryl methyl sites for hydroxylation is 2. The van der Waals surface area contributed by atoms with Gasteiger partial charge in [0.15, 0.2) is 0 Å². The predicted octanol–water partition coefficient (Wildman–Crippen LogP) is 3.29. The minimum absolute atomic E-state index is 0.775. The van der Waals surface area contributed by atoms with E-state index in [0.29, 0.717) is 0 Å². The van der Waals surface area contributed by atoms with E-state index in [0.717, 1.165) is 36.7 Å². The zero-order chi connectivity index (χ0) is 9.68. The van der Waals surface area contributed by atoms with Crippen molar-refractivity contribution in [2.45, 2.75) is 46.1 Å². The third-order valence-electron chi connectivity index (χ3n) is 2.01. The number of rotatable bonds is 5. The molecule has 2 nitrogen and oxygen atoms in total. The average molecular weight is 201 g/mol. The molecule has 1 aromatic heterocycles. The van der Waals surface area contributed by atoms with Crippen LogP contribution in [0.25, 0.3) is 0 Å². The van der Waals surface area contributed by atoms with Crippen molar-refractivity contribution in [3.8, 4) is 0 Å². The van der Waals surface area contributed by atoms with Crippen molar-refractivity contribution in [2.75, 3.05) is 0 Å². The summed E-state index contributed by atoms with van der Waals surface area (Å²) >= 11 is 6.02. The van der Waals surface area contributed by atoms with E-state index in [2.05, 4.69) is 18.9 Å². The summed E-state index contributed by atoms with van der Waals surface area (Å²) in [5, 5.41) is 5.20. The summed E-state index contributed by atoms with van der Waals surface area (Å²) in [5.41, 5.74) is 1.11. The van der Waals surface area contributed by atoms with Gasteiger partial charge in [-0.05, 0) is 18.9 Å². The third kappa shape index (κ3) is 3.03. The lowest BCUT2D eigenvalue weighted by Crippen LogP contribution is -2.00. The molecule has 0 aliphatic carbocycles. The van der Waals surface area contributed by atoms with Crippen molar-refractivity contribution in [3.05, 3.63) is 16.9 Å². The second-order valence-corrected chi connectivity index (χ2v) is 3.67. The summed E-state index contributed by atoms with van der Waals surface area (Å²) in [6, 6.07) is 1.97. The molecule has 1 aromatic rings. The zero-order valence-corrected chi connectivity index (χ0v) is 9.14. The maximum Gasteiger partial charge on any atom is 0.127 e. The normalized spacial score (nSPS) is 10.7. The molecule has 0 spiro atoms. The molecule has 0 bridgehead atoms. The molecule has 0 saturated heterocycles. The molecule has 0 saturated carbocycles. The Hall–Kier alpha value is -0.500. The monoisotopic (exact) mass is 200 g/mol. The minimum Gasteiger partial charge on any atom is -0.254 e. The fraction of sp³-hybridized carbons (Fsp3) is 0.700. The Labute approximate surface area is 84.9 Å². The first-order valence-corrected chi connectivity index (χ1v) is 5.38. The summed E-state index contributed by atoms with van der Waals surface area (Å²) in [5.74, 6) is 0. The lowest BCUT2D eigenvalue weighted by atomic mass is 10.3. The molecular formula is C10H17ClN2. The number of halogens is 1. The Morgan fingerprint density at radius 1 is 1.38 bits per heavy atom. The fourth-order valence-electron chi connectivity index (χ4n) is 1.29. The van der Waals surface area contributed by atoms with Crippen LogP contribution in [0.1, 0.15) is 38.8 Å². The molecule has 0 atom stereocenters. The SMILES string of the molecule is CCCCn1nc(CCC)cc1Cl. The maximum atomic E-state index is 6.02. The van der Waals surface area contributed by atoms with Crippen LogP contribution in [-0.4, -0.2) is 9.78 Å². The highest BCUT2D eigenvalue weighted by molar-refractivity contribution is 6.29. The largest absolute Gasteiger partial charge is 0.254 e. The molecule has 1 heterocycles. The molecule has 0 amide bonds. The molecule has 0 unspecified atom stereocenters. The molecule has 0 radical (unpaired) electrons. The van der Waals surface area contributed by atoms with Crippen LogP contribution in [0.15, 0.2) is 6.07 Å². The highest BCUT2D eigenvalue weighted by Gasteiger charge is 2.03. The van der Waals surface area contributed by atoms with Crippen molar-refractivity contribution in [2.24, 2.45) is 0 Å². The molecule has 3 heteroatoms. The lowest BCUT2D eigenvalue weighted by molar-refractivity contribution is 0.565. The topological polar surface area (TPSA) is 17.8 Å². The zero-order valence-electron chi connectivity index (χ0n) is 8.39. The molecule has 0 aliphatic rings. The quantitative estimate of drug-likeness (QED) is 0.713. The molecule has 13 heavy (non-hydrogen) atoms. The molecular weight excluding hydrogens is 184 g/mol. The van der Waals surface area contributed by atoms with Crippen molar-refractivity contribution in [1.82, 2.24) is 9.78 Å². The average Bonchev–Trinajstić information content (AvgIpc) is 2.44. The van der Waals surface area contributed by atoms with Crippen LogP contribution in [0.4, 0.5) is 0 Å². The Bertz CT molecular complexity index is 255. The Balaban J connectivity index is 2.60. The van der Waals surface area contributed by atoms with E-state index < -0.39 is 0 Å². The van der Waals surface area contributed by atoms with E-state index in [9.17, 15) is 0 Å². The molecule has 74 valence electrons. The van der Waals surface area contributed by atoms with Gasteiger partial charge in [0.2, 0.25) is 0 Å². The van der Waals surface area contributed by atoms with Crippen LogP contribution in [0.5, 0.6) is 0 Å². The van der Waals surface area contributed by atoms with Crippen molar-refractivity contribution >= 4 is 11.6 Å². The van der Waals surface area contributed by atoms with Gasteiger partial charge in [0.05, 0.1) is 5.69 Å². The molecule has 0 aliphatic heterocycles. The first-order chi connectivity index (χ1) is 6.27. The van der Waals surface area contributed by atoms with Crippen molar-refractivity contribution in [3.63, 3.8) is 0 Å². The van der Waals surface area contributed by atoms with Crippen LogP contribution < -0.4 is 0 Å². The number of hydrogen-bond acceptors (Lipinski definition) is 1. The maximum absolute atomic E-state index is 6.02. The van der Waals surface area contributed by atoms with Crippen LogP contribution in [0, 0.1) is 0 Å². The minimum atomic E-state index is 0.775. The van der Waals surface area contributed by atoms with Gasteiger partial charge >= 0.3 is 0 Å².